The molecule has 0 bridgehead atoms. The van der Waals surface area contributed by atoms with Crippen LogP contribution in [0, 0.1) is 13.8 Å². The molecule has 7 heteroatoms. The Balaban J connectivity index is 1.41. The fourth-order valence-corrected chi connectivity index (χ4v) is 3.75. The second-order valence-electron chi connectivity index (χ2n) is 7.93. The third kappa shape index (κ3) is 6.05. The fraction of sp³-hybridized carbons (Fsp3) is 0.391. The highest BCUT2D eigenvalue weighted by Gasteiger charge is 2.26. The molecule has 30 heavy (non-hydrogen) atoms. The summed E-state index contributed by atoms with van der Waals surface area (Å²) in [5, 5.41) is 5.97. The summed E-state index contributed by atoms with van der Waals surface area (Å²) >= 11 is 0. The van der Waals surface area contributed by atoms with Crippen LogP contribution >= 0.6 is 0 Å². The number of carbonyl (C=O) groups excluding carboxylic acids is 2. The Morgan fingerprint density at radius 1 is 0.900 bits per heavy atom. The molecule has 2 amide bonds. The highest BCUT2D eigenvalue weighted by Crippen LogP contribution is 2.17. The number of carbonyl (C=O) groups is 2. The predicted molar refractivity (Wildman–Crippen MR) is 117 cm³/mol. The van der Waals surface area contributed by atoms with Crippen molar-refractivity contribution in [1.29, 1.82) is 0 Å². The molecule has 160 valence electrons. The van der Waals surface area contributed by atoms with Crippen molar-refractivity contribution in [2.24, 2.45) is 0 Å². The van der Waals surface area contributed by atoms with Gasteiger partial charge in [-0.05, 0) is 43.2 Å². The van der Waals surface area contributed by atoms with E-state index in [-0.39, 0.29) is 11.8 Å². The van der Waals surface area contributed by atoms with E-state index in [1.807, 2.05) is 56.3 Å². The molecule has 3 rings (SSSR count). The molecule has 0 aliphatic carbocycles. The maximum absolute atomic E-state index is 12.4. The zero-order chi connectivity index (χ0) is 21.5. The number of quaternary nitrogens is 2. The Hall–Kier alpha value is -2.90. The minimum absolute atomic E-state index is 0.00521. The summed E-state index contributed by atoms with van der Waals surface area (Å²) in [6.45, 7) is 8.45. The van der Waals surface area contributed by atoms with Crippen molar-refractivity contribution in [2.75, 3.05) is 57.0 Å². The zero-order valence-electron chi connectivity index (χ0n) is 18.0. The summed E-state index contributed by atoms with van der Waals surface area (Å²) in [5.41, 5.74) is 3.91. The van der Waals surface area contributed by atoms with E-state index in [2.05, 4.69) is 10.6 Å². The normalized spacial score (nSPS) is 18.5. The Bertz CT molecular complexity index is 892. The largest absolute Gasteiger partial charge is 0.497 e. The maximum atomic E-state index is 12.4. The molecule has 1 aliphatic rings. The van der Waals surface area contributed by atoms with E-state index in [1.165, 1.54) is 15.4 Å². The number of amides is 2. The topological polar surface area (TPSA) is 76.3 Å². The number of hydrogen-bond donors (Lipinski definition) is 4. The third-order valence-electron chi connectivity index (χ3n) is 5.72. The monoisotopic (exact) mass is 412 g/mol. The number of hydrogen-bond acceptors (Lipinski definition) is 3. The van der Waals surface area contributed by atoms with Crippen LogP contribution in [0.2, 0.25) is 0 Å². The Morgan fingerprint density at radius 2 is 1.50 bits per heavy atom. The van der Waals surface area contributed by atoms with Gasteiger partial charge < -0.3 is 25.2 Å². The molecular weight excluding hydrogens is 380 g/mol. The molecule has 1 aliphatic heterocycles. The van der Waals surface area contributed by atoms with E-state index in [4.69, 9.17) is 4.74 Å². The van der Waals surface area contributed by atoms with Crippen LogP contribution in [0.1, 0.15) is 11.1 Å². The molecule has 1 heterocycles. The van der Waals surface area contributed by atoms with Gasteiger partial charge in [0.25, 0.3) is 11.8 Å². The summed E-state index contributed by atoms with van der Waals surface area (Å²) in [6, 6.07) is 13.3. The number of nitrogens with one attached hydrogen (secondary N) is 4. The second-order valence-corrected chi connectivity index (χ2v) is 7.93. The lowest BCUT2D eigenvalue weighted by molar-refractivity contribution is -1.00. The average Bonchev–Trinajstić information content (AvgIpc) is 2.73. The third-order valence-corrected chi connectivity index (χ3v) is 5.72. The first-order valence-electron chi connectivity index (χ1n) is 10.4. The summed E-state index contributed by atoms with van der Waals surface area (Å²) in [5.74, 6) is 0.754. The van der Waals surface area contributed by atoms with Gasteiger partial charge in [-0.2, -0.15) is 0 Å². The number of rotatable bonds is 7. The number of ether oxygens (including phenoxy) is 1. The lowest BCUT2D eigenvalue weighted by Gasteiger charge is -2.29. The lowest BCUT2D eigenvalue weighted by atomic mass is 10.1. The van der Waals surface area contributed by atoms with Crippen molar-refractivity contribution in [2.45, 2.75) is 13.8 Å². The van der Waals surface area contributed by atoms with Crippen LogP contribution in [0.5, 0.6) is 5.75 Å². The number of aryl methyl sites for hydroxylation is 1. The van der Waals surface area contributed by atoms with Crippen molar-refractivity contribution < 1.29 is 24.1 Å². The molecule has 2 aromatic rings. The maximum Gasteiger partial charge on any atom is 0.279 e. The van der Waals surface area contributed by atoms with Crippen molar-refractivity contribution in [3.05, 3.63) is 53.6 Å². The van der Waals surface area contributed by atoms with Crippen LogP contribution < -0.4 is 25.2 Å². The molecule has 4 N–H and O–H groups in total. The van der Waals surface area contributed by atoms with E-state index in [9.17, 15) is 9.59 Å². The van der Waals surface area contributed by atoms with Crippen molar-refractivity contribution in [1.82, 2.24) is 0 Å². The van der Waals surface area contributed by atoms with Gasteiger partial charge in [0.15, 0.2) is 13.1 Å². The van der Waals surface area contributed by atoms with Gasteiger partial charge >= 0.3 is 0 Å². The van der Waals surface area contributed by atoms with Crippen molar-refractivity contribution >= 4 is 23.2 Å². The van der Waals surface area contributed by atoms with Crippen LogP contribution in [0.15, 0.2) is 42.5 Å². The van der Waals surface area contributed by atoms with E-state index in [0.717, 1.165) is 48.9 Å². The van der Waals surface area contributed by atoms with Crippen molar-refractivity contribution in [3.8, 4) is 5.75 Å². The molecule has 7 nitrogen and oxygen atoms in total. The number of benzene rings is 2. The standard InChI is InChI=1S/C23H30N4O3/c1-17-6-4-9-21(18(17)2)25-23(29)16-27-12-10-26(11-13-27)15-22(28)24-19-7-5-8-20(14-19)30-3/h4-9,14H,10-13,15-16H2,1-3H3,(H,24,28)(H,25,29)/p+2. The molecule has 0 saturated carbocycles. The van der Waals surface area contributed by atoms with Gasteiger partial charge in [-0.1, -0.05) is 18.2 Å². The van der Waals surface area contributed by atoms with E-state index in [0.29, 0.717) is 13.1 Å². The SMILES string of the molecule is COc1cccc(NC(=O)C[NH+]2CC[NH+](CC(=O)Nc3cccc(C)c3C)CC2)c1. The minimum Gasteiger partial charge on any atom is -0.497 e. The first-order chi connectivity index (χ1) is 14.4. The highest BCUT2D eigenvalue weighted by atomic mass is 16.5. The summed E-state index contributed by atoms with van der Waals surface area (Å²) < 4.78 is 5.19. The molecule has 0 aromatic heterocycles. The lowest BCUT2D eigenvalue weighted by Crippen LogP contribution is -3.28. The van der Waals surface area contributed by atoms with Gasteiger partial charge in [0.05, 0.1) is 7.11 Å². The van der Waals surface area contributed by atoms with Crippen LogP contribution in [0.25, 0.3) is 0 Å². The fourth-order valence-electron chi connectivity index (χ4n) is 3.75. The first-order valence-corrected chi connectivity index (χ1v) is 10.4. The molecule has 0 spiro atoms. The number of methoxy groups -OCH3 is 1. The highest BCUT2D eigenvalue weighted by molar-refractivity contribution is 5.92. The molecule has 1 fully saturated rings. The molecule has 0 unspecified atom stereocenters. The van der Waals surface area contributed by atoms with Gasteiger partial charge in [0.2, 0.25) is 0 Å². The second kappa shape index (κ2) is 10.2. The smallest absolute Gasteiger partial charge is 0.279 e. The Labute approximate surface area is 178 Å². The quantitative estimate of drug-likeness (QED) is 0.503. The van der Waals surface area contributed by atoms with Gasteiger partial charge in [-0.3, -0.25) is 9.59 Å². The molecule has 1 saturated heterocycles. The van der Waals surface area contributed by atoms with Crippen LogP contribution in [-0.2, 0) is 9.59 Å². The van der Waals surface area contributed by atoms with E-state index in [1.54, 1.807) is 7.11 Å². The van der Waals surface area contributed by atoms with E-state index >= 15 is 0 Å². The minimum atomic E-state index is -0.00521. The van der Waals surface area contributed by atoms with Gasteiger partial charge in [0, 0.05) is 17.4 Å². The zero-order valence-corrected chi connectivity index (χ0v) is 18.0. The van der Waals surface area contributed by atoms with Crippen LogP contribution in [0.3, 0.4) is 0 Å². The van der Waals surface area contributed by atoms with E-state index < -0.39 is 0 Å². The Morgan fingerprint density at radius 3 is 2.13 bits per heavy atom. The number of piperazine rings is 1. The van der Waals surface area contributed by atoms with Crippen molar-refractivity contribution in [3.63, 3.8) is 0 Å². The summed E-state index contributed by atoms with van der Waals surface area (Å²) in [6.07, 6.45) is 0. The number of anilines is 2. The van der Waals surface area contributed by atoms with Gasteiger partial charge in [0.1, 0.15) is 31.9 Å². The molecular formula is C23H32N4O3+2. The summed E-state index contributed by atoms with van der Waals surface area (Å²) in [7, 11) is 1.61. The molecule has 0 atom stereocenters. The molecule has 0 radical (unpaired) electrons. The predicted octanol–water partition coefficient (Wildman–Crippen LogP) is -0.327. The van der Waals surface area contributed by atoms with Crippen LogP contribution in [-0.4, -0.2) is 58.2 Å². The Kier molecular flexibility index (Phi) is 7.43. The van der Waals surface area contributed by atoms with Gasteiger partial charge in [-0.15, -0.1) is 0 Å². The summed E-state index contributed by atoms with van der Waals surface area (Å²) in [4.78, 5) is 27.3. The molecule has 2 aromatic carbocycles. The van der Waals surface area contributed by atoms with Gasteiger partial charge in [-0.25, -0.2) is 0 Å². The average molecular weight is 413 g/mol. The first kappa shape index (κ1) is 21.8. The van der Waals surface area contributed by atoms with Crippen LogP contribution in [0.4, 0.5) is 11.4 Å².